The fourth-order valence-electron chi connectivity index (χ4n) is 2.49. The molecule has 1 fully saturated rings. The maximum Gasteiger partial charge on any atom is 0.353 e. The molecule has 8 heteroatoms. The van der Waals surface area contributed by atoms with Crippen molar-refractivity contribution in [3.63, 3.8) is 0 Å². The van der Waals surface area contributed by atoms with Gasteiger partial charge in [0.15, 0.2) is 0 Å². The Labute approximate surface area is 138 Å². The summed E-state index contributed by atoms with van der Waals surface area (Å²) in [5.41, 5.74) is 2.01. The number of amides is 1. The first-order valence-electron chi connectivity index (χ1n) is 7.62. The zero-order chi connectivity index (χ0) is 16.9. The minimum Gasteiger partial charge on any atom is -0.477 e. The van der Waals surface area contributed by atoms with E-state index in [9.17, 15) is 9.59 Å². The van der Waals surface area contributed by atoms with Gasteiger partial charge < -0.3 is 20.5 Å². The number of ether oxygens (including phenoxy) is 1. The predicted molar refractivity (Wildman–Crippen MR) is 86.8 cm³/mol. The average molecular weight is 330 g/mol. The lowest BCUT2D eigenvalue weighted by Crippen LogP contribution is -2.43. The molecule has 8 nitrogen and oxygen atoms in total. The van der Waals surface area contributed by atoms with E-state index >= 15 is 0 Å². The standard InChI is InChI=1S/C16H18N4O4/c21-15(7-12-9-24-6-5-17-12)18-11-3-1-10(2-4-11)13-8-14(16(22)23)20-19-13/h1-4,8,12,17H,5-7,9H2,(H,18,21)(H,19,20)(H,22,23). The van der Waals surface area contributed by atoms with Gasteiger partial charge in [0.25, 0.3) is 0 Å². The quantitative estimate of drug-likeness (QED) is 0.652. The van der Waals surface area contributed by atoms with Crippen molar-refractivity contribution < 1.29 is 19.4 Å². The maximum atomic E-state index is 12.0. The summed E-state index contributed by atoms with van der Waals surface area (Å²) in [6, 6.07) is 8.57. The van der Waals surface area contributed by atoms with Crippen molar-refractivity contribution in [1.29, 1.82) is 0 Å². The third-order valence-corrected chi connectivity index (χ3v) is 3.70. The first-order chi connectivity index (χ1) is 11.6. The number of rotatable bonds is 5. The molecule has 1 unspecified atom stereocenters. The zero-order valence-corrected chi connectivity index (χ0v) is 12.9. The second-order valence-electron chi connectivity index (χ2n) is 5.53. The van der Waals surface area contributed by atoms with Crippen LogP contribution in [0.25, 0.3) is 11.3 Å². The Morgan fingerprint density at radius 3 is 2.75 bits per heavy atom. The predicted octanol–water partition coefficient (Wildman–Crippen LogP) is 1.09. The van der Waals surface area contributed by atoms with Crippen LogP contribution in [0.1, 0.15) is 16.9 Å². The molecule has 0 bridgehead atoms. The van der Waals surface area contributed by atoms with Crippen LogP contribution >= 0.6 is 0 Å². The Balaban J connectivity index is 1.59. The number of carbonyl (C=O) groups excluding carboxylic acids is 1. The van der Waals surface area contributed by atoms with Gasteiger partial charge >= 0.3 is 5.97 Å². The second-order valence-corrected chi connectivity index (χ2v) is 5.53. The Morgan fingerprint density at radius 2 is 2.12 bits per heavy atom. The van der Waals surface area contributed by atoms with E-state index in [4.69, 9.17) is 9.84 Å². The van der Waals surface area contributed by atoms with E-state index in [0.717, 1.165) is 12.1 Å². The van der Waals surface area contributed by atoms with Crippen molar-refractivity contribution in [1.82, 2.24) is 15.5 Å². The van der Waals surface area contributed by atoms with E-state index < -0.39 is 5.97 Å². The summed E-state index contributed by atoms with van der Waals surface area (Å²) in [6.07, 6.45) is 0.350. The topological polar surface area (TPSA) is 116 Å². The molecule has 1 aliphatic rings. The highest BCUT2D eigenvalue weighted by molar-refractivity contribution is 5.91. The van der Waals surface area contributed by atoms with E-state index in [1.165, 1.54) is 6.07 Å². The van der Waals surface area contributed by atoms with Crippen LogP contribution in [-0.2, 0) is 9.53 Å². The number of aromatic amines is 1. The van der Waals surface area contributed by atoms with E-state index in [0.29, 0.717) is 31.0 Å². The molecule has 2 heterocycles. The first kappa shape index (κ1) is 16.2. The van der Waals surface area contributed by atoms with Gasteiger partial charge in [0.2, 0.25) is 5.91 Å². The molecule has 0 spiro atoms. The number of aromatic carboxylic acids is 1. The number of anilines is 1. The molecule has 4 N–H and O–H groups in total. The number of aromatic nitrogens is 2. The number of nitrogens with one attached hydrogen (secondary N) is 3. The number of hydrogen-bond acceptors (Lipinski definition) is 5. The molecule has 24 heavy (non-hydrogen) atoms. The van der Waals surface area contributed by atoms with Gasteiger partial charge in [-0.1, -0.05) is 12.1 Å². The summed E-state index contributed by atoms with van der Waals surface area (Å²) >= 11 is 0. The highest BCUT2D eigenvalue weighted by atomic mass is 16.5. The molecule has 0 radical (unpaired) electrons. The second kappa shape index (κ2) is 7.24. The molecular weight excluding hydrogens is 312 g/mol. The lowest BCUT2D eigenvalue weighted by Gasteiger charge is -2.23. The van der Waals surface area contributed by atoms with Gasteiger partial charge in [-0.15, -0.1) is 0 Å². The molecule has 0 aliphatic carbocycles. The number of H-pyrrole nitrogens is 1. The van der Waals surface area contributed by atoms with Crippen molar-refractivity contribution >= 4 is 17.6 Å². The Kier molecular flexibility index (Phi) is 4.88. The van der Waals surface area contributed by atoms with Crippen LogP contribution in [0, 0.1) is 0 Å². The average Bonchev–Trinajstić information content (AvgIpc) is 3.07. The van der Waals surface area contributed by atoms with Crippen molar-refractivity contribution in [3.05, 3.63) is 36.0 Å². The highest BCUT2D eigenvalue weighted by Gasteiger charge is 2.17. The number of hydrogen-bond donors (Lipinski definition) is 4. The molecule has 1 saturated heterocycles. The van der Waals surface area contributed by atoms with Crippen LogP contribution < -0.4 is 10.6 Å². The number of morpholine rings is 1. The van der Waals surface area contributed by atoms with Crippen LogP contribution in [0.3, 0.4) is 0 Å². The van der Waals surface area contributed by atoms with Gasteiger partial charge in [0, 0.05) is 30.3 Å². The molecule has 126 valence electrons. The van der Waals surface area contributed by atoms with Crippen molar-refractivity contribution in [2.75, 3.05) is 25.1 Å². The number of carbonyl (C=O) groups is 2. The molecule has 0 saturated carbocycles. The summed E-state index contributed by atoms with van der Waals surface area (Å²) in [4.78, 5) is 22.9. The van der Waals surface area contributed by atoms with Gasteiger partial charge in [-0.3, -0.25) is 9.89 Å². The summed E-state index contributed by atoms with van der Waals surface area (Å²) in [6.45, 7) is 1.97. The summed E-state index contributed by atoms with van der Waals surface area (Å²) < 4.78 is 5.32. The molecule has 1 aromatic heterocycles. The Morgan fingerprint density at radius 1 is 1.33 bits per heavy atom. The van der Waals surface area contributed by atoms with Crippen LogP contribution in [0.15, 0.2) is 30.3 Å². The minimum absolute atomic E-state index is 0.0320. The highest BCUT2D eigenvalue weighted by Crippen LogP contribution is 2.20. The fourth-order valence-corrected chi connectivity index (χ4v) is 2.49. The number of benzene rings is 1. The first-order valence-corrected chi connectivity index (χ1v) is 7.62. The molecule has 1 aromatic carbocycles. The van der Waals surface area contributed by atoms with Crippen molar-refractivity contribution in [2.24, 2.45) is 0 Å². The van der Waals surface area contributed by atoms with E-state index in [1.54, 1.807) is 24.3 Å². The number of carboxylic acids is 1. The summed E-state index contributed by atoms with van der Waals surface area (Å²) in [5, 5.41) is 21.4. The third-order valence-electron chi connectivity index (χ3n) is 3.70. The molecule has 3 rings (SSSR count). The largest absolute Gasteiger partial charge is 0.477 e. The SMILES string of the molecule is O=C(CC1COCCN1)Nc1ccc(-c2cc(C(=O)O)[nH]n2)cc1. The van der Waals surface area contributed by atoms with Crippen LogP contribution in [0.2, 0.25) is 0 Å². The molecular formula is C16H18N4O4. The van der Waals surface area contributed by atoms with Gasteiger partial charge in [-0.25, -0.2) is 4.79 Å². The van der Waals surface area contributed by atoms with E-state index in [2.05, 4.69) is 20.8 Å². The lowest BCUT2D eigenvalue weighted by molar-refractivity contribution is -0.117. The fraction of sp³-hybridized carbons (Fsp3) is 0.312. The van der Waals surface area contributed by atoms with Gasteiger partial charge in [-0.05, 0) is 18.2 Å². The van der Waals surface area contributed by atoms with E-state index in [-0.39, 0.29) is 17.6 Å². The Bertz CT molecular complexity index is 720. The van der Waals surface area contributed by atoms with Crippen LogP contribution in [0.4, 0.5) is 5.69 Å². The van der Waals surface area contributed by atoms with Gasteiger partial charge in [0.05, 0.1) is 18.9 Å². The molecule has 2 aromatic rings. The minimum atomic E-state index is -1.06. The monoisotopic (exact) mass is 330 g/mol. The van der Waals surface area contributed by atoms with Crippen LogP contribution in [0.5, 0.6) is 0 Å². The molecule has 1 atom stereocenters. The van der Waals surface area contributed by atoms with Crippen molar-refractivity contribution in [3.8, 4) is 11.3 Å². The summed E-state index contributed by atoms with van der Waals surface area (Å²) in [7, 11) is 0. The van der Waals surface area contributed by atoms with Crippen molar-refractivity contribution in [2.45, 2.75) is 12.5 Å². The zero-order valence-electron chi connectivity index (χ0n) is 12.9. The molecule has 1 aliphatic heterocycles. The van der Waals surface area contributed by atoms with Gasteiger partial charge in [-0.2, -0.15) is 5.10 Å². The number of nitrogens with zero attached hydrogens (tertiary/aromatic N) is 1. The smallest absolute Gasteiger partial charge is 0.353 e. The maximum absolute atomic E-state index is 12.0. The third kappa shape index (κ3) is 3.98. The lowest BCUT2D eigenvalue weighted by atomic mass is 10.1. The molecule has 1 amide bonds. The van der Waals surface area contributed by atoms with E-state index in [1.807, 2.05) is 0 Å². The Hall–Kier alpha value is -2.71. The normalized spacial score (nSPS) is 17.4. The number of carboxylic acid groups (broad SMARTS) is 1. The van der Waals surface area contributed by atoms with Gasteiger partial charge in [0.1, 0.15) is 5.69 Å². The summed E-state index contributed by atoms with van der Waals surface area (Å²) in [5.74, 6) is -1.14. The van der Waals surface area contributed by atoms with Crippen LogP contribution in [-0.4, -0.2) is 53.0 Å².